The number of benzene rings is 2. The van der Waals surface area contributed by atoms with E-state index in [-0.39, 0.29) is 11.6 Å². The first kappa shape index (κ1) is 19.8. The number of hydrogen-bond donors (Lipinski definition) is 0. The van der Waals surface area contributed by atoms with Gasteiger partial charge in [0.05, 0.1) is 11.3 Å². The van der Waals surface area contributed by atoms with E-state index in [0.717, 1.165) is 18.7 Å². The van der Waals surface area contributed by atoms with Gasteiger partial charge in [-0.2, -0.15) is 0 Å². The molecule has 148 valence electrons. The van der Waals surface area contributed by atoms with Crippen molar-refractivity contribution in [2.24, 2.45) is 0 Å². The summed E-state index contributed by atoms with van der Waals surface area (Å²) in [4.78, 5) is 27.2. The molecule has 0 bridgehead atoms. The molecule has 1 aliphatic rings. The van der Waals surface area contributed by atoms with Gasteiger partial charge in [-0.1, -0.05) is 42.0 Å². The number of ether oxygens (including phenoxy) is 1. The lowest BCUT2D eigenvalue weighted by Crippen LogP contribution is -2.49. The van der Waals surface area contributed by atoms with Gasteiger partial charge in [0.2, 0.25) is 5.91 Å². The zero-order valence-electron chi connectivity index (χ0n) is 16.0. The highest BCUT2D eigenvalue weighted by atomic mass is 16.6. The number of piperazine rings is 1. The fourth-order valence-corrected chi connectivity index (χ4v) is 3.23. The van der Waals surface area contributed by atoms with E-state index in [4.69, 9.17) is 4.74 Å². The Balaban J connectivity index is 1.41. The molecule has 1 heterocycles. The molecular formula is C21H25N3O4. The molecule has 0 N–H and O–H groups in total. The van der Waals surface area contributed by atoms with E-state index in [1.807, 2.05) is 36.1 Å². The van der Waals surface area contributed by atoms with Crippen LogP contribution in [0.15, 0.2) is 48.5 Å². The molecule has 0 atom stereocenters. The first-order chi connectivity index (χ1) is 13.5. The molecule has 0 radical (unpaired) electrons. The molecule has 2 aromatic rings. The van der Waals surface area contributed by atoms with Crippen molar-refractivity contribution in [1.82, 2.24) is 9.80 Å². The van der Waals surface area contributed by atoms with Crippen molar-refractivity contribution < 1.29 is 14.5 Å². The number of carbonyl (C=O) groups excluding carboxylic acids is 1. The highest BCUT2D eigenvalue weighted by Crippen LogP contribution is 2.25. The quantitative estimate of drug-likeness (QED) is 0.543. The van der Waals surface area contributed by atoms with Crippen molar-refractivity contribution in [2.75, 3.05) is 39.3 Å². The first-order valence-corrected chi connectivity index (χ1v) is 9.45. The predicted octanol–water partition coefficient (Wildman–Crippen LogP) is 2.67. The number of rotatable bonds is 7. The van der Waals surface area contributed by atoms with Crippen molar-refractivity contribution in [2.45, 2.75) is 13.3 Å². The Morgan fingerprint density at radius 2 is 1.75 bits per heavy atom. The SMILES string of the molecule is Cc1ccc(CC(=O)N2CCN(CCOc3ccccc3[N+](=O)[O-])CC2)cc1. The zero-order valence-corrected chi connectivity index (χ0v) is 16.0. The largest absolute Gasteiger partial charge is 0.485 e. The first-order valence-electron chi connectivity index (χ1n) is 9.45. The van der Waals surface area contributed by atoms with Crippen LogP contribution in [0, 0.1) is 17.0 Å². The predicted molar refractivity (Wildman–Crippen MR) is 106 cm³/mol. The summed E-state index contributed by atoms with van der Waals surface area (Å²) in [6, 6.07) is 14.5. The smallest absolute Gasteiger partial charge is 0.310 e. The molecule has 0 unspecified atom stereocenters. The highest BCUT2D eigenvalue weighted by molar-refractivity contribution is 5.78. The maximum Gasteiger partial charge on any atom is 0.310 e. The number of nitrogens with zero attached hydrogens (tertiary/aromatic N) is 3. The second-order valence-electron chi connectivity index (χ2n) is 6.96. The molecule has 7 heteroatoms. The monoisotopic (exact) mass is 383 g/mol. The number of hydrogen-bond acceptors (Lipinski definition) is 5. The van der Waals surface area contributed by atoms with Crippen LogP contribution in [0.5, 0.6) is 5.75 Å². The van der Waals surface area contributed by atoms with Gasteiger partial charge in [0.1, 0.15) is 6.61 Å². The van der Waals surface area contributed by atoms with E-state index in [1.54, 1.807) is 18.2 Å². The van der Waals surface area contributed by atoms with E-state index < -0.39 is 4.92 Å². The van der Waals surface area contributed by atoms with Crippen LogP contribution in [0.4, 0.5) is 5.69 Å². The van der Waals surface area contributed by atoms with Crippen LogP contribution >= 0.6 is 0 Å². The lowest BCUT2D eigenvalue weighted by atomic mass is 10.1. The molecule has 28 heavy (non-hydrogen) atoms. The molecule has 3 rings (SSSR count). The minimum absolute atomic E-state index is 0.0194. The molecule has 2 aromatic carbocycles. The van der Waals surface area contributed by atoms with E-state index in [0.29, 0.717) is 38.4 Å². The maximum absolute atomic E-state index is 12.5. The molecule has 1 aliphatic heterocycles. The molecule has 0 aliphatic carbocycles. The fourth-order valence-electron chi connectivity index (χ4n) is 3.23. The number of nitro benzene ring substituents is 1. The molecule has 0 aromatic heterocycles. The average molecular weight is 383 g/mol. The van der Waals surface area contributed by atoms with Crippen LogP contribution in [0.2, 0.25) is 0 Å². The Kier molecular flexibility index (Phi) is 6.60. The number of amides is 1. The molecule has 1 saturated heterocycles. The topological polar surface area (TPSA) is 75.9 Å². The highest BCUT2D eigenvalue weighted by Gasteiger charge is 2.21. The van der Waals surface area contributed by atoms with Crippen LogP contribution in [0.3, 0.4) is 0 Å². The zero-order chi connectivity index (χ0) is 19.9. The van der Waals surface area contributed by atoms with E-state index >= 15 is 0 Å². The summed E-state index contributed by atoms with van der Waals surface area (Å²) < 4.78 is 5.60. The summed E-state index contributed by atoms with van der Waals surface area (Å²) in [5, 5.41) is 11.0. The minimum atomic E-state index is -0.437. The van der Waals surface area contributed by atoms with Gasteiger partial charge < -0.3 is 9.64 Å². The van der Waals surface area contributed by atoms with Gasteiger partial charge in [-0.3, -0.25) is 19.8 Å². The molecular weight excluding hydrogens is 358 g/mol. The van der Waals surface area contributed by atoms with E-state index in [2.05, 4.69) is 4.90 Å². The average Bonchev–Trinajstić information content (AvgIpc) is 2.70. The molecule has 1 amide bonds. The van der Waals surface area contributed by atoms with Gasteiger partial charge in [-0.05, 0) is 18.6 Å². The van der Waals surface area contributed by atoms with Crippen molar-refractivity contribution in [1.29, 1.82) is 0 Å². The van der Waals surface area contributed by atoms with Crippen LogP contribution in [-0.2, 0) is 11.2 Å². The Morgan fingerprint density at radius 3 is 2.43 bits per heavy atom. The second-order valence-corrected chi connectivity index (χ2v) is 6.96. The Bertz CT molecular complexity index is 815. The minimum Gasteiger partial charge on any atom is -0.485 e. The molecule has 0 saturated carbocycles. The van der Waals surface area contributed by atoms with Crippen LogP contribution in [0.1, 0.15) is 11.1 Å². The normalized spacial score (nSPS) is 14.7. The fraction of sp³-hybridized carbons (Fsp3) is 0.381. The molecule has 0 spiro atoms. The number of nitro groups is 1. The second kappa shape index (κ2) is 9.32. The van der Waals surface area contributed by atoms with Gasteiger partial charge >= 0.3 is 5.69 Å². The van der Waals surface area contributed by atoms with Crippen molar-refractivity contribution in [3.63, 3.8) is 0 Å². The van der Waals surface area contributed by atoms with Gasteiger partial charge in [-0.15, -0.1) is 0 Å². The number of para-hydroxylation sites is 2. The number of aryl methyl sites for hydroxylation is 1. The third-order valence-corrected chi connectivity index (χ3v) is 4.93. The number of carbonyl (C=O) groups is 1. The van der Waals surface area contributed by atoms with E-state index in [1.165, 1.54) is 11.6 Å². The Morgan fingerprint density at radius 1 is 1.07 bits per heavy atom. The summed E-state index contributed by atoms with van der Waals surface area (Å²) in [5.41, 5.74) is 2.21. The summed E-state index contributed by atoms with van der Waals surface area (Å²) in [6.45, 7) is 6.02. The van der Waals surface area contributed by atoms with Crippen LogP contribution < -0.4 is 4.74 Å². The van der Waals surface area contributed by atoms with Crippen LogP contribution in [-0.4, -0.2) is 60.0 Å². The van der Waals surface area contributed by atoms with E-state index in [9.17, 15) is 14.9 Å². The summed E-state index contributed by atoms with van der Waals surface area (Å²) in [6.07, 6.45) is 0.432. The van der Waals surface area contributed by atoms with Crippen molar-refractivity contribution >= 4 is 11.6 Å². The summed E-state index contributed by atoms with van der Waals surface area (Å²) in [7, 11) is 0. The summed E-state index contributed by atoms with van der Waals surface area (Å²) in [5.74, 6) is 0.444. The van der Waals surface area contributed by atoms with Gasteiger partial charge in [0.25, 0.3) is 0 Å². The van der Waals surface area contributed by atoms with Gasteiger partial charge in [0, 0.05) is 38.8 Å². The third-order valence-electron chi connectivity index (χ3n) is 4.93. The summed E-state index contributed by atoms with van der Waals surface area (Å²) >= 11 is 0. The Hall–Kier alpha value is -2.93. The maximum atomic E-state index is 12.5. The van der Waals surface area contributed by atoms with Crippen molar-refractivity contribution in [3.8, 4) is 5.75 Å². The third kappa shape index (κ3) is 5.29. The van der Waals surface area contributed by atoms with Gasteiger partial charge in [0.15, 0.2) is 5.75 Å². The van der Waals surface area contributed by atoms with Crippen molar-refractivity contribution in [3.05, 3.63) is 69.8 Å². The molecule has 1 fully saturated rings. The molecule has 7 nitrogen and oxygen atoms in total. The van der Waals surface area contributed by atoms with Crippen LogP contribution in [0.25, 0.3) is 0 Å². The lowest BCUT2D eigenvalue weighted by molar-refractivity contribution is -0.385. The Labute approximate surface area is 164 Å². The van der Waals surface area contributed by atoms with Gasteiger partial charge in [-0.25, -0.2) is 0 Å². The lowest BCUT2D eigenvalue weighted by Gasteiger charge is -2.34. The standard InChI is InChI=1S/C21H25N3O4/c1-17-6-8-18(9-7-17)16-21(25)23-12-10-22(11-13-23)14-15-28-20-5-3-2-4-19(20)24(26)27/h2-9H,10-16H2,1H3.